The monoisotopic (exact) mass is 234 g/mol. The lowest BCUT2D eigenvalue weighted by atomic mass is 9.82. The second-order valence-corrected chi connectivity index (χ2v) is 4.74. The van der Waals surface area contributed by atoms with Crippen molar-refractivity contribution in [3.63, 3.8) is 0 Å². The Morgan fingerprint density at radius 3 is 2.59 bits per heavy atom. The highest BCUT2D eigenvalue weighted by Crippen LogP contribution is 2.23. The molecule has 0 amide bonds. The van der Waals surface area contributed by atoms with Crippen molar-refractivity contribution >= 4 is 18.4 Å². The molecule has 5 heteroatoms. The Hall–Kier alpha value is -1.07. The van der Waals surface area contributed by atoms with Gasteiger partial charge in [0.2, 0.25) is 0 Å². The number of rotatable bonds is 4. The van der Waals surface area contributed by atoms with Crippen LogP contribution in [0.1, 0.15) is 32.1 Å². The molecule has 1 heterocycles. The highest BCUT2D eigenvalue weighted by Gasteiger charge is 2.14. The molecule has 0 bridgehead atoms. The van der Waals surface area contributed by atoms with Crippen molar-refractivity contribution in [2.24, 2.45) is 5.92 Å². The van der Waals surface area contributed by atoms with Crippen LogP contribution in [-0.2, 0) is 0 Å². The van der Waals surface area contributed by atoms with Crippen LogP contribution >= 0.6 is 0 Å². The van der Waals surface area contributed by atoms with Gasteiger partial charge in [-0.3, -0.25) is 0 Å². The van der Waals surface area contributed by atoms with Crippen LogP contribution in [0, 0.1) is 5.92 Å². The van der Waals surface area contributed by atoms with Crippen LogP contribution in [0.4, 0.5) is 5.82 Å². The van der Waals surface area contributed by atoms with Gasteiger partial charge in [-0.1, -0.05) is 25.3 Å². The lowest BCUT2D eigenvalue weighted by molar-refractivity contribution is 0.373. The Morgan fingerprint density at radius 1 is 1.24 bits per heavy atom. The van der Waals surface area contributed by atoms with E-state index in [9.17, 15) is 0 Å². The number of anilines is 1. The molecule has 1 aliphatic carbocycles. The Morgan fingerprint density at radius 2 is 2.00 bits per heavy atom. The first kappa shape index (κ1) is 12.4. The fourth-order valence-electron chi connectivity index (χ4n) is 2.30. The lowest BCUT2D eigenvalue weighted by Gasteiger charge is -2.21. The minimum atomic E-state index is -1.44. The molecular weight excluding hydrogens is 215 g/mol. The number of nitrogens with zero attached hydrogens (tertiary/aromatic N) is 1. The highest BCUT2D eigenvalue weighted by molar-refractivity contribution is 6.58. The molecule has 1 fully saturated rings. The summed E-state index contributed by atoms with van der Waals surface area (Å²) >= 11 is 0. The van der Waals surface area contributed by atoms with Gasteiger partial charge in [-0.2, -0.15) is 0 Å². The first-order valence-corrected chi connectivity index (χ1v) is 6.31. The molecule has 0 unspecified atom stereocenters. The predicted molar refractivity (Wildman–Crippen MR) is 69.1 cm³/mol. The summed E-state index contributed by atoms with van der Waals surface area (Å²) in [5.41, 5.74) is 0.424. The molecule has 17 heavy (non-hydrogen) atoms. The van der Waals surface area contributed by atoms with Crippen LogP contribution in [0.25, 0.3) is 0 Å². The quantitative estimate of drug-likeness (QED) is 0.673. The Balaban J connectivity index is 1.82. The molecule has 1 aliphatic rings. The third-order valence-electron chi connectivity index (χ3n) is 3.38. The van der Waals surface area contributed by atoms with Crippen molar-refractivity contribution in [3.8, 4) is 0 Å². The number of aromatic nitrogens is 1. The van der Waals surface area contributed by atoms with Gasteiger partial charge in [0.05, 0.1) is 0 Å². The van der Waals surface area contributed by atoms with E-state index in [-0.39, 0.29) is 0 Å². The molecule has 1 aromatic heterocycles. The van der Waals surface area contributed by atoms with E-state index in [2.05, 4.69) is 10.3 Å². The molecule has 0 aliphatic heterocycles. The Kier molecular flexibility index (Phi) is 4.39. The summed E-state index contributed by atoms with van der Waals surface area (Å²) in [5.74, 6) is 1.56. The minimum absolute atomic E-state index is 0.424. The second kappa shape index (κ2) is 6.03. The maximum atomic E-state index is 8.94. The average Bonchev–Trinajstić information content (AvgIpc) is 2.38. The molecule has 0 radical (unpaired) electrons. The van der Waals surface area contributed by atoms with Gasteiger partial charge >= 0.3 is 7.12 Å². The maximum Gasteiger partial charge on any atom is 0.490 e. The van der Waals surface area contributed by atoms with Crippen molar-refractivity contribution in [2.45, 2.75) is 32.1 Å². The molecule has 3 N–H and O–H groups in total. The summed E-state index contributed by atoms with van der Waals surface area (Å²) in [4.78, 5) is 4.15. The summed E-state index contributed by atoms with van der Waals surface area (Å²) in [5, 5.41) is 21.2. The minimum Gasteiger partial charge on any atom is -0.423 e. The van der Waals surface area contributed by atoms with Crippen LogP contribution in [-0.4, -0.2) is 28.7 Å². The molecule has 0 saturated heterocycles. The highest BCUT2D eigenvalue weighted by atomic mass is 16.4. The lowest BCUT2D eigenvalue weighted by Crippen LogP contribution is -2.30. The van der Waals surface area contributed by atoms with E-state index in [1.807, 2.05) is 0 Å². The molecule has 1 saturated carbocycles. The zero-order valence-corrected chi connectivity index (χ0v) is 9.97. The largest absolute Gasteiger partial charge is 0.490 e. The van der Waals surface area contributed by atoms with E-state index in [1.165, 1.54) is 38.3 Å². The number of hydrogen-bond donors (Lipinski definition) is 3. The van der Waals surface area contributed by atoms with Gasteiger partial charge < -0.3 is 15.4 Å². The van der Waals surface area contributed by atoms with Crippen LogP contribution in [0.2, 0.25) is 0 Å². The molecule has 1 aromatic rings. The van der Waals surface area contributed by atoms with Crippen molar-refractivity contribution in [2.75, 3.05) is 11.9 Å². The van der Waals surface area contributed by atoms with Crippen molar-refractivity contribution in [3.05, 3.63) is 18.3 Å². The van der Waals surface area contributed by atoms with Gasteiger partial charge in [-0.05, 0) is 24.8 Å². The third kappa shape index (κ3) is 3.72. The first-order chi connectivity index (χ1) is 8.25. The van der Waals surface area contributed by atoms with Crippen LogP contribution in [0.5, 0.6) is 0 Å². The van der Waals surface area contributed by atoms with Gasteiger partial charge in [0.25, 0.3) is 0 Å². The standard InChI is InChI=1S/C12H19BN2O2/c16-13(17)11-6-7-12(15-9-11)14-8-10-4-2-1-3-5-10/h6-7,9-10,16-17H,1-5,8H2,(H,14,15). The van der Waals surface area contributed by atoms with E-state index < -0.39 is 7.12 Å². The fraction of sp³-hybridized carbons (Fsp3) is 0.583. The first-order valence-electron chi connectivity index (χ1n) is 6.31. The molecule has 0 spiro atoms. The zero-order valence-electron chi connectivity index (χ0n) is 9.97. The third-order valence-corrected chi connectivity index (χ3v) is 3.38. The fourth-order valence-corrected chi connectivity index (χ4v) is 2.30. The summed E-state index contributed by atoms with van der Waals surface area (Å²) in [6.07, 6.45) is 8.16. The van der Waals surface area contributed by atoms with Crippen molar-refractivity contribution < 1.29 is 10.0 Å². The van der Waals surface area contributed by atoms with Crippen LogP contribution in [0.15, 0.2) is 18.3 Å². The number of pyridine rings is 1. The summed E-state index contributed by atoms with van der Waals surface area (Å²) in [7, 11) is -1.44. The van der Waals surface area contributed by atoms with E-state index in [1.54, 1.807) is 12.1 Å². The van der Waals surface area contributed by atoms with Gasteiger partial charge in [0.1, 0.15) is 5.82 Å². The van der Waals surface area contributed by atoms with Gasteiger partial charge in [0.15, 0.2) is 0 Å². The second-order valence-electron chi connectivity index (χ2n) is 4.74. The SMILES string of the molecule is OB(O)c1ccc(NCC2CCCCC2)nc1. The zero-order chi connectivity index (χ0) is 12.1. The molecule has 2 rings (SSSR count). The molecule has 92 valence electrons. The Bertz CT molecular complexity index is 337. The van der Waals surface area contributed by atoms with Crippen LogP contribution in [0.3, 0.4) is 0 Å². The van der Waals surface area contributed by atoms with Crippen molar-refractivity contribution in [1.82, 2.24) is 4.98 Å². The molecule has 0 atom stereocenters. The van der Waals surface area contributed by atoms with E-state index >= 15 is 0 Å². The molecule has 0 aromatic carbocycles. The average molecular weight is 234 g/mol. The van der Waals surface area contributed by atoms with Gasteiger partial charge in [0, 0.05) is 18.2 Å². The molecular formula is C12H19BN2O2. The topological polar surface area (TPSA) is 65.4 Å². The maximum absolute atomic E-state index is 8.94. The summed E-state index contributed by atoms with van der Waals surface area (Å²) in [6, 6.07) is 3.47. The smallest absolute Gasteiger partial charge is 0.423 e. The normalized spacial score (nSPS) is 16.8. The van der Waals surface area contributed by atoms with E-state index in [0.29, 0.717) is 5.46 Å². The number of nitrogens with one attached hydrogen (secondary N) is 1. The summed E-state index contributed by atoms with van der Waals surface area (Å²) in [6.45, 7) is 0.966. The van der Waals surface area contributed by atoms with Gasteiger partial charge in [-0.25, -0.2) is 4.98 Å². The predicted octanol–water partition coefficient (Wildman–Crippen LogP) is 0.754. The van der Waals surface area contributed by atoms with Gasteiger partial charge in [-0.15, -0.1) is 0 Å². The number of hydrogen-bond acceptors (Lipinski definition) is 4. The van der Waals surface area contributed by atoms with E-state index in [4.69, 9.17) is 10.0 Å². The molecule has 4 nitrogen and oxygen atoms in total. The van der Waals surface area contributed by atoms with E-state index in [0.717, 1.165) is 18.3 Å². The van der Waals surface area contributed by atoms with Crippen LogP contribution < -0.4 is 10.8 Å². The Labute approximate surface area is 102 Å². The van der Waals surface area contributed by atoms with Crippen molar-refractivity contribution in [1.29, 1.82) is 0 Å². The summed E-state index contributed by atoms with van der Waals surface area (Å²) < 4.78 is 0.